The van der Waals surface area contributed by atoms with Crippen molar-refractivity contribution >= 4 is 17.5 Å². The fraction of sp³-hybridized carbons (Fsp3) is 0.417. The maximum absolute atomic E-state index is 11.5. The van der Waals surface area contributed by atoms with Gasteiger partial charge in [0.2, 0.25) is 0 Å². The summed E-state index contributed by atoms with van der Waals surface area (Å²) in [6.07, 6.45) is -0.603. The van der Waals surface area contributed by atoms with Crippen LogP contribution in [0.2, 0.25) is 0 Å². The number of cyclic esters (lactones) is 1. The van der Waals surface area contributed by atoms with Crippen molar-refractivity contribution < 1.29 is 19.2 Å². The van der Waals surface area contributed by atoms with Crippen molar-refractivity contribution in [1.29, 1.82) is 0 Å². The maximum Gasteiger partial charge on any atom is 0.411 e. The number of nitro groups is 1. The molecule has 1 aliphatic rings. The largest absolute Gasteiger partial charge is 0.490 e. The molecule has 0 bridgehead atoms. The fourth-order valence-corrected chi connectivity index (χ4v) is 1.57. The molecule has 0 atom stereocenters. The number of anilines is 1. The predicted octanol–water partition coefficient (Wildman–Crippen LogP) is 2.56. The lowest BCUT2D eigenvalue weighted by atomic mass is 9.96. The maximum atomic E-state index is 11.5. The monoisotopic (exact) mass is 266 g/mol. The van der Waals surface area contributed by atoms with Crippen molar-refractivity contribution in [2.75, 3.05) is 18.5 Å². The minimum atomic E-state index is -0.603. The summed E-state index contributed by atoms with van der Waals surface area (Å²) in [5.74, 6) is 0.265. The van der Waals surface area contributed by atoms with Crippen LogP contribution in [0, 0.1) is 15.5 Å². The van der Waals surface area contributed by atoms with Gasteiger partial charge in [-0.05, 0) is 6.07 Å². The number of non-ortho nitro benzene ring substituents is 1. The molecule has 7 nitrogen and oxygen atoms in total. The van der Waals surface area contributed by atoms with Crippen LogP contribution in [-0.2, 0) is 4.74 Å². The van der Waals surface area contributed by atoms with E-state index in [1.807, 2.05) is 13.8 Å². The summed E-state index contributed by atoms with van der Waals surface area (Å²) < 4.78 is 10.6. The third-order valence-electron chi connectivity index (χ3n) is 2.63. The van der Waals surface area contributed by atoms with Gasteiger partial charge in [-0.2, -0.15) is 0 Å². The molecule has 2 rings (SSSR count). The molecular formula is C12H14N2O5. The normalized spacial score (nSPS) is 17.7. The van der Waals surface area contributed by atoms with Gasteiger partial charge in [-0.25, -0.2) is 4.79 Å². The summed E-state index contributed by atoms with van der Waals surface area (Å²) in [7, 11) is 0. The SMILES string of the molecule is CC1(C)COC(=O)Nc2ccc([N+](=O)[O-])cc2OC1. The van der Waals surface area contributed by atoms with E-state index in [1.165, 1.54) is 18.2 Å². The molecule has 0 unspecified atom stereocenters. The molecule has 1 N–H and O–H groups in total. The van der Waals surface area contributed by atoms with Crippen LogP contribution in [-0.4, -0.2) is 24.2 Å². The van der Waals surface area contributed by atoms with Crippen molar-refractivity contribution in [3.63, 3.8) is 0 Å². The standard InChI is InChI=1S/C12H14N2O5/c1-12(2)6-18-10-5-8(14(16)17)3-4-9(10)13-11(15)19-7-12/h3-5H,6-7H2,1-2H3,(H,13,15). The van der Waals surface area contributed by atoms with Crippen molar-refractivity contribution in [2.24, 2.45) is 5.41 Å². The molecule has 0 fully saturated rings. The van der Waals surface area contributed by atoms with E-state index in [4.69, 9.17) is 9.47 Å². The topological polar surface area (TPSA) is 90.7 Å². The molecule has 0 aromatic heterocycles. The number of nitro benzene ring substituents is 1. The Morgan fingerprint density at radius 3 is 2.68 bits per heavy atom. The first kappa shape index (κ1) is 13.1. The van der Waals surface area contributed by atoms with Crippen LogP contribution in [0.4, 0.5) is 16.2 Å². The van der Waals surface area contributed by atoms with E-state index in [9.17, 15) is 14.9 Å². The van der Waals surface area contributed by atoms with Gasteiger partial charge in [0.15, 0.2) is 0 Å². The van der Waals surface area contributed by atoms with Gasteiger partial charge in [0.05, 0.1) is 23.3 Å². The fourth-order valence-electron chi connectivity index (χ4n) is 1.57. The quantitative estimate of drug-likeness (QED) is 0.623. The number of nitrogens with zero attached hydrogens (tertiary/aromatic N) is 1. The third kappa shape index (κ3) is 3.12. The lowest BCUT2D eigenvalue weighted by Crippen LogP contribution is -2.28. The zero-order valence-corrected chi connectivity index (χ0v) is 10.6. The second kappa shape index (κ2) is 4.75. The van der Waals surface area contributed by atoms with E-state index in [0.717, 1.165) is 0 Å². The summed E-state index contributed by atoms with van der Waals surface area (Å²) in [6.45, 7) is 4.25. The Bertz CT molecular complexity index is 527. The van der Waals surface area contributed by atoms with Crippen molar-refractivity contribution in [2.45, 2.75) is 13.8 Å². The molecule has 102 valence electrons. The van der Waals surface area contributed by atoms with Gasteiger partial charge < -0.3 is 9.47 Å². The number of carbonyl (C=O) groups excluding carboxylic acids is 1. The Balaban J connectivity index is 2.37. The number of carbonyl (C=O) groups is 1. The van der Waals surface area contributed by atoms with Gasteiger partial charge in [-0.15, -0.1) is 0 Å². The average molecular weight is 266 g/mol. The highest BCUT2D eigenvalue weighted by molar-refractivity contribution is 5.87. The van der Waals surface area contributed by atoms with Crippen LogP contribution >= 0.6 is 0 Å². The van der Waals surface area contributed by atoms with E-state index >= 15 is 0 Å². The molecule has 19 heavy (non-hydrogen) atoms. The van der Waals surface area contributed by atoms with Crippen LogP contribution < -0.4 is 10.1 Å². The molecule has 7 heteroatoms. The molecule has 0 saturated carbocycles. The lowest BCUT2D eigenvalue weighted by Gasteiger charge is -2.22. The predicted molar refractivity (Wildman–Crippen MR) is 67.3 cm³/mol. The number of rotatable bonds is 1. The molecule has 0 radical (unpaired) electrons. The summed E-state index contributed by atoms with van der Waals surface area (Å²) in [6, 6.07) is 4.01. The number of fused-ring (bicyclic) bond motifs is 1. The molecule has 1 heterocycles. The highest BCUT2D eigenvalue weighted by Gasteiger charge is 2.25. The minimum absolute atomic E-state index is 0.0917. The average Bonchev–Trinajstić information content (AvgIpc) is 2.39. The van der Waals surface area contributed by atoms with Crippen molar-refractivity contribution in [1.82, 2.24) is 0 Å². The van der Waals surface area contributed by atoms with E-state index in [0.29, 0.717) is 5.69 Å². The number of hydrogen-bond donors (Lipinski definition) is 1. The molecular weight excluding hydrogens is 252 g/mol. The summed E-state index contributed by atoms with van der Waals surface area (Å²) in [4.78, 5) is 21.8. The molecule has 1 aliphatic heterocycles. The van der Waals surface area contributed by atoms with E-state index in [-0.39, 0.29) is 30.1 Å². The third-order valence-corrected chi connectivity index (χ3v) is 2.63. The van der Waals surface area contributed by atoms with Gasteiger partial charge in [0, 0.05) is 11.5 Å². The summed E-state index contributed by atoms with van der Waals surface area (Å²) >= 11 is 0. The molecule has 0 aliphatic carbocycles. The van der Waals surface area contributed by atoms with Crippen LogP contribution in [0.25, 0.3) is 0 Å². The Kier molecular flexibility index (Phi) is 3.28. The first-order valence-corrected chi connectivity index (χ1v) is 5.72. The molecule has 1 amide bonds. The second-order valence-corrected chi connectivity index (χ2v) is 5.09. The first-order valence-electron chi connectivity index (χ1n) is 5.72. The van der Waals surface area contributed by atoms with E-state index in [2.05, 4.69) is 5.32 Å². The zero-order chi connectivity index (χ0) is 14.0. The number of benzene rings is 1. The van der Waals surface area contributed by atoms with Crippen LogP contribution in [0.5, 0.6) is 5.75 Å². The van der Waals surface area contributed by atoms with Crippen LogP contribution in [0.15, 0.2) is 18.2 Å². The van der Waals surface area contributed by atoms with Gasteiger partial charge in [0.1, 0.15) is 12.4 Å². The Morgan fingerprint density at radius 2 is 2.00 bits per heavy atom. The van der Waals surface area contributed by atoms with Gasteiger partial charge >= 0.3 is 6.09 Å². The van der Waals surface area contributed by atoms with Gasteiger partial charge in [-0.3, -0.25) is 15.4 Å². The Morgan fingerprint density at radius 1 is 1.32 bits per heavy atom. The number of ether oxygens (including phenoxy) is 2. The summed E-state index contributed by atoms with van der Waals surface area (Å²) in [5.41, 5.74) is -0.108. The van der Waals surface area contributed by atoms with Gasteiger partial charge in [0.25, 0.3) is 5.69 Å². The smallest absolute Gasteiger partial charge is 0.411 e. The molecule has 0 spiro atoms. The first-order chi connectivity index (χ1) is 8.87. The highest BCUT2D eigenvalue weighted by atomic mass is 16.6. The minimum Gasteiger partial charge on any atom is -0.490 e. The van der Waals surface area contributed by atoms with E-state index < -0.39 is 11.0 Å². The van der Waals surface area contributed by atoms with Gasteiger partial charge in [-0.1, -0.05) is 13.8 Å². The van der Waals surface area contributed by atoms with Crippen LogP contribution in [0.3, 0.4) is 0 Å². The number of hydrogen-bond acceptors (Lipinski definition) is 5. The van der Waals surface area contributed by atoms with Crippen molar-refractivity contribution in [3.05, 3.63) is 28.3 Å². The highest BCUT2D eigenvalue weighted by Crippen LogP contribution is 2.32. The zero-order valence-electron chi connectivity index (χ0n) is 10.6. The Labute approximate surface area is 109 Å². The number of nitrogens with one attached hydrogen (secondary N) is 1. The Hall–Kier alpha value is -2.31. The summed E-state index contributed by atoms with van der Waals surface area (Å²) in [5, 5.41) is 13.2. The molecule has 1 aromatic rings. The van der Waals surface area contributed by atoms with Crippen molar-refractivity contribution in [3.8, 4) is 5.75 Å². The van der Waals surface area contributed by atoms with Crippen LogP contribution in [0.1, 0.15) is 13.8 Å². The molecule has 0 saturated heterocycles. The molecule has 1 aromatic carbocycles. The number of amides is 1. The second-order valence-electron chi connectivity index (χ2n) is 5.09. The lowest BCUT2D eigenvalue weighted by molar-refractivity contribution is -0.384. The van der Waals surface area contributed by atoms with E-state index in [1.54, 1.807) is 0 Å².